The molecule has 0 fully saturated rings. The number of pyridine rings is 1. The quantitative estimate of drug-likeness (QED) is 0.386. The maximum absolute atomic E-state index is 5.62. The lowest BCUT2D eigenvalue weighted by molar-refractivity contribution is -0.636. The van der Waals surface area contributed by atoms with E-state index in [9.17, 15) is 0 Å². The van der Waals surface area contributed by atoms with Crippen molar-refractivity contribution in [2.75, 3.05) is 5.84 Å². The maximum atomic E-state index is 5.62. The first kappa shape index (κ1) is 6.83. The second-order valence-corrected chi connectivity index (χ2v) is 2.88. The van der Waals surface area contributed by atoms with Gasteiger partial charge in [-0.1, -0.05) is 20.6 Å². The lowest BCUT2D eigenvalue weighted by Crippen LogP contribution is -2.44. The Balaban J connectivity index is 3.17. The van der Waals surface area contributed by atoms with E-state index in [2.05, 4.69) is 15.9 Å². The van der Waals surface area contributed by atoms with Crippen molar-refractivity contribution in [3.05, 3.63) is 28.0 Å². The minimum Gasteiger partial charge on any atom is -0.204 e. The third-order valence-electron chi connectivity index (χ3n) is 0.898. The van der Waals surface area contributed by atoms with Gasteiger partial charge in [0.25, 0.3) is 0 Å². The molecule has 0 saturated heterocycles. The van der Waals surface area contributed by atoms with Crippen molar-refractivity contribution in [2.24, 2.45) is 0 Å². The fourth-order valence-corrected chi connectivity index (χ4v) is 1.10. The molecule has 0 saturated carbocycles. The largest absolute Gasteiger partial charge is 0.304 e. The van der Waals surface area contributed by atoms with Gasteiger partial charge in [0.1, 0.15) is 0 Å². The summed E-state index contributed by atoms with van der Waals surface area (Å²) in [5.41, 5.74) is 0. The van der Waals surface area contributed by atoms with Crippen molar-refractivity contribution in [1.29, 1.82) is 0 Å². The van der Waals surface area contributed by atoms with Gasteiger partial charge < -0.3 is 0 Å². The first-order valence-corrected chi connectivity index (χ1v) is 3.49. The minimum atomic E-state index is 0.504. The van der Waals surface area contributed by atoms with Crippen molar-refractivity contribution in [2.45, 2.75) is 0 Å². The van der Waals surface area contributed by atoms with Gasteiger partial charge in [-0.15, -0.1) is 0 Å². The fraction of sp³-hybridized carbons (Fsp3) is 0. The standard InChI is InChI=1S/C5H5BrClN2/c6-4-1-2-9(8)5(7)3-4/h1-3H,8H2/q+1. The summed E-state index contributed by atoms with van der Waals surface area (Å²) in [4.78, 5) is 0. The van der Waals surface area contributed by atoms with E-state index in [0.29, 0.717) is 5.15 Å². The van der Waals surface area contributed by atoms with Crippen molar-refractivity contribution in [3.8, 4) is 0 Å². The molecule has 0 amide bonds. The Morgan fingerprint density at radius 2 is 2.33 bits per heavy atom. The number of nitrogen functional groups attached to an aromatic ring is 1. The van der Waals surface area contributed by atoms with Crippen LogP contribution in [0.5, 0.6) is 0 Å². The molecule has 0 bridgehead atoms. The Labute approximate surface area is 66.3 Å². The van der Waals surface area contributed by atoms with Crippen LogP contribution < -0.4 is 10.5 Å². The Kier molecular flexibility index (Phi) is 1.93. The summed E-state index contributed by atoms with van der Waals surface area (Å²) in [6, 6.07) is 3.54. The number of aromatic nitrogens is 1. The molecule has 0 spiro atoms. The maximum Gasteiger partial charge on any atom is 0.304 e. The zero-order valence-corrected chi connectivity index (χ0v) is 6.85. The van der Waals surface area contributed by atoms with Crippen LogP contribution >= 0.6 is 27.5 Å². The van der Waals surface area contributed by atoms with Crippen LogP contribution in [0, 0.1) is 0 Å². The summed E-state index contributed by atoms with van der Waals surface area (Å²) in [5.74, 6) is 5.35. The van der Waals surface area contributed by atoms with Gasteiger partial charge >= 0.3 is 5.15 Å². The van der Waals surface area contributed by atoms with E-state index in [1.807, 2.05) is 6.07 Å². The van der Waals surface area contributed by atoms with Crippen LogP contribution in [-0.4, -0.2) is 0 Å². The SMILES string of the molecule is N[n+]1ccc(Br)cc1Cl. The number of hydrogen-bond donors (Lipinski definition) is 1. The van der Waals surface area contributed by atoms with Crippen LogP contribution in [0.25, 0.3) is 0 Å². The highest BCUT2D eigenvalue weighted by Gasteiger charge is 2.01. The number of halogens is 2. The molecular weight excluding hydrogens is 203 g/mol. The number of hydrogen-bond acceptors (Lipinski definition) is 1. The third kappa shape index (κ3) is 1.56. The van der Waals surface area contributed by atoms with Crippen molar-refractivity contribution < 1.29 is 4.68 Å². The molecule has 0 atom stereocenters. The summed E-state index contributed by atoms with van der Waals surface area (Å²) in [6.45, 7) is 0. The predicted molar refractivity (Wildman–Crippen MR) is 39.5 cm³/mol. The van der Waals surface area contributed by atoms with Gasteiger partial charge in [0.05, 0.1) is 0 Å². The molecule has 0 aliphatic heterocycles. The van der Waals surface area contributed by atoms with Gasteiger partial charge in [-0.05, 0) is 11.6 Å². The highest BCUT2D eigenvalue weighted by molar-refractivity contribution is 9.10. The highest BCUT2D eigenvalue weighted by atomic mass is 79.9. The number of nitrogens with zero attached hydrogens (tertiary/aromatic N) is 1. The van der Waals surface area contributed by atoms with Crippen LogP contribution in [-0.2, 0) is 0 Å². The molecule has 1 aromatic heterocycles. The molecule has 0 aliphatic carbocycles. The van der Waals surface area contributed by atoms with Crippen LogP contribution in [0.4, 0.5) is 0 Å². The van der Waals surface area contributed by atoms with E-state index in [0.717, 1.165) is 4.47 Å². The molecule has 48 valence electrons. The number of nitrogens with two attached hydrogens (primary N) is 1. The average molecular weight is 208 g/mol. The molecule has 2 nitrogen and oxygen atoms in total. The average Bonchev–Trinajstić information content (AvgIpc) is 1.80. The molecule has 0 aromatic carbocycles. The van der Waals surface area contributed by atoms with Gasteiger partial charge in [-0.2, -0.15) is 0 Å². The molecule has 1 rings (SSSR count). The van der Waals surface area contributed by atoms with Gasteiger partial charge in [0.15, 0.2) is 0 Å². The lowest BCUT2D eigenvalue weighted by atomic mass is 10.5. The molecule has 0 unspecified atom stereocenters. The van der Waals surface area contributed by atoms with E-state index in [1.54, 1.807) is 12.3 Å². The molecule has 1 aromatic rings. The monoisotopic (exact) mass is 207 g/mol. The Bertz CT molecular complexity index is 226. The summed E-state index contributed by atoms with van der Waals surface area (Å²) in [7, 11) is 0. The molecule has 9 heavy (non-hydrogen) atoms. The van der Waals surface area contributed by atoms with E-state index in [4.69, 9.17) is 17.4 Å². The van der Waals surface area contributed by atoms with Crippen molar-refractivity contribution in [1.82, 2.24) is 0 Å². The Hall–Kier alpha value is -0.280. The zero-order valence-electron chi connectivity index (χ0n) is 4.51. The molecule has 0 aliphatic rings. The van der Waals surface area contributed by atoms with E-state index < -0.39 is 0 Å². The summed E-state index contributed by atoms with van der Waals surface area (Å²) < 4.78 is 2.26. The van der Waals surface area contributed by atoms with Crippen LogP contribution in [0.2, 0.25) is 5.15 Å². The normalized spacial score (nSPS) is 9.56. The molecule has 0 radical (unpaired) electrons. The Morgan fingerprint density at radius 3 is 2.78 bits per heavy atom. The summed E-state index contributed by atoms with van der Waals surface area (Å²) in [5, 5.41) is 0.504. The highest BCUT2D eigenvalue weighted by Crippen LogP contribution is 2.10. The Morgan fingerprint density at radius 1 is 1.67 bits per heavy atom. The summed E-state index contributed by atoms with van der Waals surface area (Å²) in [6.07, 6.45) is 1.67. The van der Waals surface area contributed by atoms with Gasteiger partial charge in [0, 0.05) is 16.6 Å². The smallest absolute Gasteiger partial charge is 0.204 e. The first-order valence-electron chi connectivity index (χ1n) is 2.32. The van der Waals surface area contributed by atoms with Crippen LogP contribution in [0.15, 0.2) is 22.8 Å². The van der Waals surface area contributed by atoms with Crippen molar-refractivity contribution in [3.63, 3.8) is 0 Å². The molecule has 4 heteroatoms. The number of rotatable bonds is 0. The second kappa shape index (κ2) is 2.54. The van der Waals surface area contributed by atoms with Crippen molar-refractivity contribution >= 4 is 27.5 Å². The molecular formula is C5H5BrClN2+. The van der Waals surface area contributed by atoms with Crippen LogP contribution in [0.1, 0.15) is 0 Å². The topological polar surface area (TPSA) is 29.9 Å². The molecule has 1 heterocycles. The van der Waals surface area contributed by atoms with Crippen LogP contribution in [0.3, 0.4) is 0 Å². The van der Waals surface area contributed by atoms with E-state index in [-0.39, 0.29) is 0 Å². The summed E-state index contributed by atoms with van der Waals surface area (Å²) >= 11 is 8.86. The first-order chi connectivity index (χ1) is 4.20. The van der Waals surface area contributed by atoms with Gasteiger partial charge in [-0.25, -0.2) is 5.84 Å². The second-order valence-electron chi connectivity index (χ2n) is 1.57. The van der Waals surface area contributed by atoms with Gasteiger partial charge in [0.2, 0.25) is 6.20 Å². The zero-order chi connectivity index (χ0) is 6.85. The fourth-order valence-electron chi connectivity index (χ4n) is 0.459. The third-order valence-corrected chi connectivity index (χ3v) is 1.70. The molecule has 2 N–H and O–H groups in total. The van der Waals surface area contributed by atoms with E-state index in [1.165, 1.54) is 4.68 Å². The van der Waals surface area contributed by atoms with Gasteiger partial charge in [-0.3, -0.25) is 0 Å². The van der Waals surface area contributed by atoms with E-state index >= 15 is 0 Å². The lowest BCUT2D eigenvalue weighted by Gasteiger charge is -1.87. The minimum absolute atomic E-state index is 0.504. The predicted octanol–water partition coefficient (Wildman–Crippen LogP) is 1.10.